The molecule has 0 aliphatic heterocycles. The van der Waals surface area contributed by atoms with Crippen molar-refractivity contribution in [3.8, 4) is 0 Å². The first kappa shape index (κ1) is 23.5. The van der Waals surface area contributed by atoms with Crippen LogP contribution in [0.15, 0.2) is 0 Å². The fraction of sp³-hybridized carbons (Fsp3) is 0.714. The van der Waals surface area contributed by atoms with Crippen LogP contribution in [0.5, 0.6) is 0 Å². The average molecular weight is 350 g/mol. The van der Waals surface area contributed by atoms with Crippen LogP contribution in [0, 0.1) is 5.92 Å². The van der Waals surface area contributed by atoms with Gasteiger partial charge in [0, 0.05) is 6.92 Å². The van der Waals surface area contributed by atoms with E-state index in [0.717, 1.165) is 0 Å². The van der Waals surface area contributed by atoms with Crippen molar-refractivity contribution in [1.29, 1.82) is 0 Å². The molecule has 0 bridgehead atoms. The molecule has 0 aliphatic rings. The Morgan fingerprint density at radius 2 is 1.57 bits per heavy atom. The molecule has 0 aromatic heterocycles. The monoisotopic (exact) mass is 350 g/mol. The van der Waals surface area contributed by atoms with E-state index in [1.807, 2.05) is 0 Å². The standard InChI is InChI=1S/C14H24N2O6.H2S/c1-7(2)12(14(20)21)16-13(19)10(15-9(5)17)6-11(18)22-8(3)4;/h7-8,10,12H,6H2,1-5H3,(H,15,17)(H,16,19)(H,20,21);1H2. The van der Waals surface area contributed by atoms with Crippen molar-refractivity contribution in [1.82, 2.24) is 10.6 Å². The molecule has 23 heavy (non-hydrogen) atoms. The largest absolute Gasteiger partial charge is 0.480 e. The highest BCUT2D eigenvalue weighted by atomic mass is 32.1. The number of amides is 2. The Bertz CT molecular complexity index is 439. The van der Waals surface area contributed by atoms with Crippen LogP contribution in [-0.2, 0) is 23.9 Å². The highest BCUT2D eigenvalue weighted by molar-refractivity contribution is 7.59. The predicted molar refractivity (Wildman–Crippen MR) is 88.2 cm³/mol. The summed E-state index contributed by atoms with van der Waals surface area (Å²) in [4.78, 5) is 46.0. The maximum absolute atomic E-state index is 12.1. The maximum atomic E-state index is 12.1. The van der Waals surface area contributed by atoms with Crippen LogP contribution >= 0.6 is 13.5 Å². The summed E-state index contributed by atoms with van der Waals surface area (Å²) in [6, 6.07) is -2.28. The number of carboxylic acid groups (broad SMARTS) is 1. The van der Waals surface area contributed by atoms with Crippen molar-refractivity contribution in [2.75, 3.05) is 0 Å². The number of carboxylic acids is 1. The molecule has 0 saturated carbocycles. The number of esters is 1. The van der Waals surface area contributed by atoms with Gasteiger partial charge in [-0.2, -0.15) is 13.5 Å². The Labute approximate surface area is 142 Å². The van der Waals surface area contributed by atoms with Crippen LogP contribution < -0.4 is 10.6 Å². The first-order valence-electron chi connectivity index (χ1n) is 7.04. The SMILES string of the molecule is CC(=O)NC(CC(=O)OC(C)C)C(=O)NC(C(=O)O)C(C)C.S. The molecule has 0 spiro atoms. The van der Waals surface area contributed by atoms with Crippen LogP contribution in [0.2, 0.25) is 0 Å². The molecule has 0 aliphatic carbocycles. The summed E-state index contributed by atoms with van der Waals surface area (Å²) < 4.78 is 4.93. The van der Waals surface area contributed by atoms with E-state index >= 15 is 0 Å². The van der Waals surface area contributed by atoms with Gasteiger partial charge in [-0.3, -0.25) is 14.4 Å². The van der Waals surface area contributed by atoms with Crippen molar-refractivity contribution in [3.05, 3.63) is 0 Å². The molecule has 0 rings (SSSR count). The summed E-state index contributed by atoms with van der Waals surface area (Å²) in [5, 5.41) is 13.7. The zero-order valence-corrected chi connectivity index (χ0v) is 15.0. The summed E-state index contributed by atoms with van der Waals surface area (Å²) in [5.41, 5.74) is 0. The lowest BCUT2D eigenvalue weighted by atomic mass is 10.0. The number of hydrogen-bond donors (Lipinski definition) is 3. The predicted octanol–water partition coefficient (Wildman–Crippen LogP) is 0.171. The van der Waals surface area contributed by atoms with Gasteiger partial charge in [0.25, 0.3) is 0 Å². The Balaban J connectivity index is 0. The third-order valence-electron chi connectivity index (χ3n) is 2.66. The third kappa shape index (κ3) is 9.77. The van der Waals surface area contributed by atoms with Gasteiger partial charge < -0.3 is 20.5 Å². The third-order valence-corrected chi connectivity index (χ3v) is 2.66. The molecular formula is C14H26N2O6S. The van der Waals surface area contributed by atoms with E-state index in [2.05, 4.69) is 10.6 Å². The molecule has 9 heteroatoms. The second-order valence-corrected chi connectivity index (χ2v) is 5.56. The van der Waals surface area contributed by atoms with Gasteiger partial charge >= 0.3 is 11.9 Å². The average Bonchev–Trinajstić information content (AvgIpc) is 2.32. The van der Waals surface area contributed by atoms with Gasteiger partial charge in [0.2, 0.25) is 11.8 Å². The lowest BCUT2D eigenvalue weighted by Gasteiger charge is -2.22. The van der Waals surface area contributed by atoms with Gasteiger partial charge in [-0.15, -0.1) is 0 Å². The zero-order chi connectivity index (χ0) is 17.4. The maximum Gasteiger partial charge on any atom is 0.326 e. The smallest absolute Gasteiger partial charge is 0.326 e. The molecule has 2 unspecified atom stereocenters. The van der Waals surface area contributed by atoms with E-state index in [-0.39, 0.29) is 31.9 Å². The molecule has 8 nitrogen and oxygen atoms in total. The number of ether oxygens (including phenoxy) is 1. The van der Waals surface area contributed by atoms with E-state index in [0.29, 0.717) is 0 Å². The number of rotatable bonds is 8. The molecule has 3 N–H and O–H groups in total. The summed E-state index contributed by atoms with van der Waals surface area (Å²) in [7, 11) is 0. The summed E-state index contributed by atoms with van der Waals surface area (Å²) >= 11 is 0. The van der Waals surface area contributed by atoms with Gasteiger partial charge in [-0.05, 0) is 19.8 Å². The van der Waals surface area contributed by atoms with Gasteiger partial charge in [-0.25, -0.2) is 4.79 Å². The van der Waals surface area contributed by atoms with Gasteiger partial charge in [-0.1, -0.05) is 13.8 Å². The molecule has 0 saturated heterocycles. The molecular weight excluding hydrogens is 324 g/mol. The second-order valence-electron chi connectivity index (χ2n) is 5.56. The number of carbonyl (C=O) groups excluding carboxylic acids is 3. The van der Waals surface area contributed by atoms with Crippen LogP contribution in [-0.4, -0.2) is 47.0 Å². The summed E-state index contributed by atoms with van der Waals surface area (Å²) in [6.07, 6.45) is -0.718. The van der Waals surface area contributed by atoms with E-state index in [4.69, 9.17) is 9.84 Å². The first-order chi connectivity index (χ1) is 10.0. The topological polar surface area (TPSA) is 122 Å². The zero-order valence-electron chi connectivity index (χ0n) is 14.0. The van der Waals surface area contributed by atoms with Crippen molar-refractivity contribution < 1.29 is 29.0 Å². The Morgan fingerprint density at radius 1 is 1.04 bits per heavy atom. The van der Waals surface area contributed by atoms with Crippen molar-refractivity contribution in [2.45, 2.75) is 59.2 Å². The minimum Gasteiger partial charge on any atom is -0.480 e. The summed E-state index contributed by atoms with van der Waals surface area (Å²) in [6.45, 7) is 7.79. The van der Waals surface area contributed by atoms with Crippen molar-refractivity contribution in [3.63, 3.8) is 0 Å². The molecule has 0 heterocycles. The normalized spacial score (nSPS) is 12.8. The van der Waals surface area contributed by atoms with Gasteiger partial charge in [0.15, 0.2) is 0 Å². The summed E-state index contributed by atoms with van der Waals surface area (Å²) in [5.74, 6) is -3.43. The van der Waals surface area contributed by atoms with Gasteiger partial charge in [0.05, 0.1) is 12.5 Å². The lowest BCUT2D eigenvalue weighted by Crippen LogP contribution is -2.53. The van der Waals surface area contributed by atoms with Crippen molar-refractivity contribution >= 4 is 37.2 Å². The van der Waals surface area contributed by atoms with E-state index in [9.17, 15) is 19.2 Å². The molecule has 0 radical (unpaired) electrons. The number of carbonyl (C=O) groups is 4. The minimum atomic E-state index is -1.19. The highest BCUT2D eigenvalue weighted by Gasteiger charge is 2.29. The quantitative estimate of drug-likeness (QED) is 0.537. The van der Waals surface area contributed by atoms with Crippen LogP contribution in [0.1, 0.15) is 41.0 Å². The lowest BCUT2D eigenvalue weighted by molar-refractivity contribution is -0.150. The van der Waals surface area contributed by atoms with E-state index in [1.165, 1.54) is 6.92 Å². The molecule has 0 aromatic rings. The Kier molecular flexibility index (Phi) is 11.1. The molecule has 134 valence electrons. The Morgan fingerprint density at radius 3 is 1.91 bits per heavy atom. The van der Waals surface area contributed by atoms with E-state index in [1.54, 1.807) is 27.7 Å². The van der Waals surface area contributed by atoms with Crippen LogP contribution in [0.4, 0.5) is 0 Å². The molecule has 0 aromatic carbocycles. The van der Waals surface area contributed by atoms with E-state index < -0.39 is 35.8 Å². The molecule has 2 atom stereocenters. The first-order valence-corrected chi connectivity index (χ1v) is 7.04. The number of hydrogen-bond acceptors (Lipinski definition) is 5. The van der Waals surface area contributed by atoms with Crippen LogP contribution in [0.3, 0.4) is 0 Å². The molecule has 2 amide bonds. The fourth-order valence-corrected chi connectivity index (χ4v) is 1.70. The van der Waals surface area contributed by atoms with Crippen molar-refractivity contribution in [2.24, 2.45) is 5.92 Å². The fourth-order valence-electron chi connectivity index (χ4n) is 1.70. The number of aliphatic carboxylic acids is 1. The molecule has 0 fully saturated rings. The number of nitrogens with one attached hydrogen (secondary N) is 2. The van der Waals surface area contributed by atoms with Crippen LogP contribution in [0.25, 0.3) is 0 Å². The Hall–Kier alpha value is -1.77. The second kappa shape index (κ2) is 10.9. The highest BCUT2D eigenvalue weighted by Crippen LogP contribution is 2.05. The minimum absolute atomic E-state index is 0. The van der Waals surface area contributed by atoms with Gasteiger partial charge in [0.1, 0.15) is 12.1 Å².